The molecular formula is C10H6F16O. The lowest BCUT2D eigenvalue weighted by molar-refractivity contribution is -0.374. The summed E-state index contributed by atoms with van der Waals surface area (Å²) in [4.78, 5) is 0. The Labute approximate surface area is 138 Å². The first-order valence-corrected chi connectivity index (χ1v) is 6.05. The van der Waals surface area contributed by atoms with Crippen LogP contribution in [0.25, 0.3) is 0 Å². The van der Waals surface area contributed by atoms with Crippen molar-refractivity contribution in [1.82, 2.24) is 0 Å². The summed E-state index contributed by atoms with van der Waals surface area (Å²) >= 11 is 0. The number of hydrogen-bond donors (Lipinski definition) is 0. The van der Waals surface area contributed by atoms with Crippen LogP contribution in [-0.2, 0) is 4.74 Å². The molecule has 0 saturated carbocycles. The molecule has 0 heterocycles. The number of hydrogen-bond acceptors (Lipinski definition) is 1. The van der Waals surface area contributed by atoms with Crippen LogP contribution in [0.4, 0.5) is 70.2 Å². The van der Waals surface area contributed by atoms with Crippen LogP contribution in [0.1, 0.15) is 0 Å². The van der Waals surface area contributed by atoms with Gasteiger partial charge in [-0.3, -0.25) is 0 Å². The van der Waals surface area contributed by atoms with E-state index in [4.69, 9.17) is 0 Å². The van der Waals surface area contributed by atoms with E-state index in [1.54, 1.807) is 0 Å². The van der Waals surface area contributed by atoms with E-state index < -0.39 is 61.6 Å². The van der Waals surface area contributed by atoms with Gasteiger partial charge >= 0.3 is 23.7 Å². The Hall–Kier alpha value is -1.16. The van der Waals surface area contributed by atoms with Crippen molar-refractivity contribution >= 4 is 0 Å². The number of halogens is 16. The Morgan fingerprint density at radius 1 is 0.407 bits per heavy atom. The van der Waals surface area contributed by atoms with Crippen molar-refractivity contribution in [2.45, 2.75) is 61.6 Å². The normalized spacial score (nSPS) is 19.3. The van der Waals surface area contributed by atoms with Crippen LogP contribution in [0.15, 0.2) is 0 Å². The molecule has 1 nitrogen and oxygen atoms in total. The van der Waals surface area contributed by atoms with Crippen molar-refractivity contribution in [2.75, 3.05) is 0 Å². The van der Waals surface area contributed by atoms with Crippen LogP contribution >= 0.6 is 0 Å². The molecule has 0 aliphatic carbocycles. The van der Waals surface area contributed by atoms with E-state index in [2.05, 4.69) is 4.74 Å². The number of ether oxygens (including phenoxy) is 1. The Morgan fingerprint density at radius 2 is 0.630 bits per heavy atom. The quantitative estimate of drug-likeness (QED) is 0.412. The fourth-order valence-corrected chi connectivity index (χ4v) is 1.26. The van der Waals surface area contributed by atoms with Gasteiger partial charge in [-0.05, 0) is 0 Å². The predicted octanol–water partition coefficient (Wildman–Crippen LogP) is 5.34. The van der Waals surface area contributed by atoms with Crippen LogP contribution < -0.4 is 0 Å². The van der Waals surface area contributed by atoms with Gasteiger partial charge in [0.05, 0.1) is 0 Å². The fourth-order valence-electron chi connectivity index (χ4n) is 1.26. The topological polar surface area (TPSA) is 9.23 Å². The molecule has 0 aliphatic heterocycles. The Kier molecular flexibility index (Phi) is 7.72. The van der Waals surface area contributed by atoms with Gasteiger partial charge in [-0.15, -0.1) is 0 Å². The molecule has 0 aromatic carbocycles. The SMILES string of the molecule is FC(F)C(F)C(F)(F)C(F)(F)C(F)OC(F)C(F)(F)C(F)(F)C(F)C(F)F. The molecule has 0 amide bonds. The Balaban J connectivity index is 5.58. The third-order valence-electron chi connectivity index (χ3n) is 2.83. The molecule has 4 unspecified atom stereocenters. The van der Waals surface area contributed by atoms with Gasteiger partial charge in [-0.2, -0.15) is 35.1 Å². The molecule has 0 aromatic rings. The second-order valence-corrected chi connectivity index (χ2v) is 4.73. The van der Waals surface area contributed by atoms with Gasteiger partial charge in [0.25, 0.3) is 25.6 Å². The molecule has 164 valence electrons. The first kappa shape index (κ1) is 25.8. The average molecular weight is 446 g/mol. The summed E-state index contributed by atoms with van der Waals surface area (Å²) in [6.45, 7) is 0. The molecule has 27 heavy (non-hydrogen) atoms. The highest BCUT2D eigenvalue weighted by atomic mass is 19.3. The zero-order valence-corrected chi connectivity index (χ0v) is 11.9. The van der Waals surface area contributed by atoms with Crippen LogP contribution in [0.5, 0.6) is 0 Å². The van der Waals surface area contributed by atoms with Gasteiger partial charge in [0.15, 0.2) is 0 Å². The minimum Gasteiger partial charge on any atom is -0.303 e. The molecule has 0 rings (SSSR count). The predicted molar refractivity (Wildman–Crippen MR) is 52.5 cm³/mol. The first-order valence-electron chi connectivity index (χ1n) is 6.05. The summed E-state index contributed by atoms with van der Waals surface area (Å²) in [7, 11) is 0. The summed E-state index contributed by atoms with van der Waals surface area (Å²) in [5, 5.41) is 0. The molecule has 0 aliphatic rings. The second-order valence-electron chi connectivity index (χ2n) is 4.73. The standard InChI is InChI=1S/C10H6F16O/c11-1(3(13)14)7(19,20)9(23,24)5(17)27-6(18)10(25,26)8(21,22)2(12)4(15)16/h1-6H. The van der Waals surface area contributed by atoms with Crippen LogP contribution in [-0.4, -0.2) is 61.6 Å². The van der Waals surface area contributed by atoms with Gasteiger partial charge in [0.2, 0.25) is 12.3 Å². The highest BCUT2D eigenvalue weighted by Gasteiger charge is 2.73. The van der Waals surface area contributed by atoms with E-state index >= 15 is 0 Å². The molecule has 0 aromatic heterocycles. The fraction of sp³-hybridized carbons (Fsp3) is 1.00. The minimum absolute atomic E-state index is 2.20. The maximum absolute atomic E-state index is 12.9. The second kappa shape index (κ2) is 8.06. The molecule has 17 heteroatoms. The first-order chi connectivity index (χ1) is 11.8. The van der Waals surface area contributed by atoms with Crippen molar-refractivity contribution in [1.29, 1.82) is 0 Å². The Bertz CT molecular complexity index is 436. The third kappa shape index (κ3) is 4.64. The summed E-state index contributed by atoms with van der Waals surface area (Å²) in [5.74, 6) is -27.1. The van der Waals surface area contributed by atoms with Gasteiger partial charge in [-0.25, -0.2) is 35.1 Å². The van der Waals surface area contributed by atoms with E-state index in [0.717, 1.165) is 0 Å². The van der Waals surface area contributed by atoms with Crippen molar-refractivity contribution in [2.24, 2.45) is 0 Å². The molecule has 0 bridgehead atoms. The molecule has 4 atom stereocenters. The van der Waals surface area contributed by atoms with E-state index in [9.17, 15) is 70.2 Å². The van der Waals surface area contributed by atoms with Crippen molar-refractivity contribution < 1.29 is 75.0 Å². The lowest BCUT2D eigenvalue weighted by Crippen LogP contribution is -2.60. The molecule has 0 radical (unpaired) electrons. The smallest absolute Gasteiger partial charge is 0.303 e. The highest BCUT2D eigenvalue weighted by Crippen LogP contribution is 2.48. The summed E-state index contributed by atoms with van der Waals surface area (Å²) < 4.78 is 203. The van der Waals surface area contributed by atoms with Gasteiger partial charge in [0, 0.05) is 0 Å². The molecule has 0 saturated heterocycles. The summed E-state index contributed by atoms with van der Waals surface area (Å²) in [6, 6.07) is 0. The van der Waals surface area contributed by atoms with E-state index in [0.29, 0.717) is 0 Å². The van der Waals surface area contributed by atoms with Crippen molar-refractivity contribution in [3.8, 4) is 0 Å². The summed E-state index contributed by atoms with van der Waals surface area (Å²) in [6.07, 6.45) is -30.9. The lowest BCUT2D eigenvalue weighted by atomic mass is 10.1. The zero-order valence-electron chi connectivity index (χ0n) is 11.9. The maximum Gasteiger partial charge on any atom is 0.367 e. The average Bonchev–Trinajstić information content (AvgIpc) is 2.51. The lowest BCUT2D eigenvalue weighted by Gasteiger charge is -2.34. The zero-order chi connectivity index (χ0) is 22.2. The number of rotatable bonds is 10. The highest BCUT2D eigenvalue weighted by molar-refractivity contribution is 4.97. The largest absolute Gasteiger partial charge is 0.367 e. The monoisotopic (exact) mass is 446 g/mol. The van der Waals surface area contributed by atoms with E-state index in [1.807, 2.05) is 0 Å². The third-order valence-corrected chi connectivity index (χ3v) is 2.83. The van der Waals surface area contributed by atoms with Crippen LogP contribution in [0, 0.1) is 0 Å². The van der Waals surface area contributed by atoms with Gasteiger partial charge in [0.1, 0.15) is 0 Å². The van der Waals surface area contributed by atoms with Gasteiger partial charge in [-0.1, -0.05) is 0 Å². The summed E-state index contributed by atoms with van der Waals surface area (Å²) in [5.41, 5.74) is 0. The van der Waals surface area contributed by atoms with Gasteiger partial charge < -0.3 is 4.74 Å². The van der Waals surface area contributed by atoms with Crippen molar-refractivity contribution in [3.63, 3.8) is 0 Å². The minimum atomic E-state index is -6.82. The maximum atomic E-state index is 12.9. The Morgan fingerprint density at radius 3 is 0.815 bits per heavy atom. The van der Waals surface area contributed by atoms with E-state index in [1.165, 1.54) is 0 Å². The van der Waals surface area contributed by atoms with Crippen molar-refractivity contribution in [3.05, 3.63) is 0 Å². The van der Waals surface area contributed by atoms with Crippen LogP contribution in [0.3, 0.4) is 0 Å². The van der Waals surface area contributed by atoms with Crippen LogP contribution in [0.2, 0.25) is 0 Å². The molecular weight excluding hydrogens is 440 g/mol. The molecule has 0 spiro atoms. The molecule has 0 N–H and O–H groups in total. The molecule has 0 fully saturated rings. The number of alkyl halides is 16. The van der Waals surface area contributed by atoms with E-state index in [-0.39, 0.29) is 0 Å².